The number of nitrogens with two attached hydrogens (primary N) is 5. The molecule has 14 N–H and O–H groups in total. The summed E-state index contributed by atoms with van der Waals surface area (Å²) >= 11 is 0. The second-order valence-electron chi connectivity index (χ2n) is 9.44. The molecule has 1 fully saturated rings. The van der Waals surface area contributed by atoms with Gasteiger partial charge in [-0.05, 0) is 38.5 Å². The summed E-state index contributed by atoms with van der Waals surface area (Å²) in [7, 11) is 0. The molecule has 1 aliphatic heterocycles. The molecule has 2 rings (SSSR count). The number of carboxylic acid groups (broad SMARTS) is 1. The summed E-state index contributed by atoms with van der Waals surface area (Å²) in [6.07, 6.45) is 5.02. The molecule has 40 heavy (non-hydrogen) atoms. The highest BCUT2D eigenvalue weighted by Crippen LogP contribution is 2.20. The number of amides is 3. The number of hydrogen-bond donors (Lipinski definition) is 9. The highest BCUT2D eigenvalue weighted by molar-refractivity contribution is 5.94. The highest BCUT2D eigenvalue weighted by Gasteiger charge is 2.37. The molecule has 2 heterocycles. The van der Waals surface area contributed by atoms with Crippen LogP contribution in [0.3, 0.4) is 0 Å². The van der Waals surface area contributed by atoms with Crippen molar-refractivity contribution in [3.63, 3.8) is 0 Å². The maximum absolute atomic E-state index is 13.3. The maximum Gasteiger partial charge on any atom is 0.326 e. The van der Waals surface area contributed by atoms with E-state index >= 15 is 0 Å². The fourth-order valence-corrected chi connectivity index (χ4v) is 4.29. The summed E-state index contributed by atoms with van der Waals surface area (Å²) in [5.41, 5.74) is 27.9. The molecular formula is C23H40N12O5. The molecule has 4 unspecified atom stereocenters. The number of aromatic nitrogens is 2. The van der Waals surface area contributed by atoms with Crippen molar-refractivity contribution in [1.82, 2.24) is 25.5 Å². The van der Waals surface area contributed by atoms with Crippen LogP contribution in [-0.4, -0.2) is 99.4 Å². The van der Waals surface area contributed by atoms with E-state index in [1.807, 2.05) is 0 Å². The van der Waals surface area contributed by atoms with Gasteiger partial charge in [-0.2, -0.15) is 0 Å². The minimum atomic E-state index is -1.27. The van der Waals surface area contributed by atoms with Crippen LogP contribution in [0.25, 0.3) is 0 Å². The van der Waals surface area contributed by atoms with Gasteiger partial charge < -0.3 is 54.3 Å². The number of nitrogens with zero attached hydrogens (tertiary/aromatic N) is 4. The van der Waals surface area contributed by atoms with Crippen LogP contribution in [0.15, 0.2) is 22.5 Å². The number of carboxylic acids is 1. The van der Waals surface area contributed by atoms with E-state index in [0.29, 0.717) is 50.9 Å². The zero-order valence-electron chi connectivity index (χ0n) is 22.3. The molecular weight excluding hydrogens is 524 g/mol. The molecule has 17 nitrogen and oxygen atoms in total. The van der Waals surface area contributed by atoms with Gasteiger partial charge >= 0.3 is 5.97 Å². The monoisotopic (exact) mass is 564 g/mol. The Morgan fingerprint density at radius 3 is 2.27 bits per heavy atom. The molecule has 1 saturated heterocycles. The third-order valence-electron chi connectivity index (χ3n) is 6.30. The molecule has 0 spiro atoms. The van der Waals surface area contributed by atoms with Crippen LogP contribution in [0, 0.1) is 0 Å². The van der Waals surface area contributed by atoms with Gasteiger partial charge in [0.1, 0.15) is 18.1 Å². The largest absolute Gasteiger partial charge is 0.480 e. The van der Waals surface area contributed by atoms with Gasteiger partial charge in [0.25, 0.3) is 0 Å². The normalized spacial score (nSPS) is 16.8. The van der Waals surface area contributed by atoms with Crippen LogP contribution in [0.4, 0.5) is 0 Å². The molecule has 3 amide bonds. The molecule has 222 valence electrons. The first-order chi connectivity index (χ1) is 19.0. The van der Waals surface area contributed by atoms with E-state index in [1.165, 1.54) is 17.4 Å². The Bertz CT molecular complexity index is 1050. The van der Waals surface area contributed by atoms with E-state index in [1.54, 1.807) is 0 Å². The highest BCUT2D eigenvalue weighted by atomic mass is 16.4. The van der Waals surface area contributed by atoms with Crippen LogP contribution in [0.1, 0.15) is 44.2 Å². The van der Waals surface area contributed by atoms with Gasteiger partial charge in [0.05, 0.1) is 12.4 Å². The Hall–Kier alpha value is -4.41. The SMILES string of the molecule is NC(N)=NCCCC(N)C(=O)N1CCCC1C(=O)NC(CCCN=C(N)N)C(=O)NC(Cc1cnc[nH]1)C(=O)O. The molecule has 17 heteroatoms. The van der Waals surface area contributed by atoms with E-state index in [9.17, 15) is 24.3 Å². The van der Waals surface area contributed by atoms with Crippen molar-refractivity contribution in [3.8, 4) is 0 Å². The predicted octanol–water partition coefficient (Wildman–Crippen LogP) is -3.57. The molecule has 0 aromatic carbocycles. The summed E-state index contributed by atoms with van der Waals surface area (Å²) in [5.74, 6) is -3.05. The number of nitrogens with one attached hydrogen (secondary N) is 3. The van der Waals surface area contributed by atoms with Crippen LogP contribution in [0.5, 0.6) is 0 Å². The van der Waals surface area contributed by atoms with Crippen molar-refractivity contribution >= 4 is 35.6 Å². The Labute approximate surface area is 231 Å². The first-order valence-electron chi connectivity index (χ1n) is 13.0. The first kappa shape index (κ1) is 31.8. The minimum Gasteiger partial charge on any atom is -0.480 e. The van der Waals surface area contributed by atoms with Crippen molar-refractivity contribution in [1.29, 1.82) is 0 Å². The minimum absolute atomic E-state index is 0.0400. The van der Waals surface area contributed by atoms with Gasteiger partial charge in [0.15, 0.2) is 11.9 Å². The van der Waals surface area contributed by atoms with Gasteiger partial charge in [-0.3, -0.25) is 24.4 Å². The number of carbonyl (C=O) groups is 4. The van der Waals surface area contributed by atoms with Crippen LogP contribution < -0.4 is 39.3 Å². The van der Waals surface area contributed by atoms with Gasteiger partial charge in [-0.1, -0.05) is 0 Å². The van der Waals surface area contributed by atoms with Crippen LogP contribution >= 0.6 is 0 Å². The lowest BCUT2D eigenvalue weighted by atomic mass is 10.1. The third kappa shape index (κ3) is 10.4. The summed E-state index contributed by atoms with van der Waals surface area (Å²) in [6, 6.07) is -4.05. The van der Waals surface area contributed by atoms with E-state index < -0.39 is 42.0 Å². The van der Waals surface area contributed by atoms with E-state index in [-0.39, 0.29) is 37.2 Å². The second kappa shape index (κ2) is 15.9. The molecule has 0 bridgehead atoms. The molecule has 0 aliphatic carbocycles. The van der Waals surface area contributed by atoms with Crippen molar-refractivity contribution in [3.05, 3.63) is 18.2 Å². The maximum atomic E-state index is 13.3. The van der Waals surface area contributed by atoms with E-state index in [0.717, 1.165) is 0 Å². The van der Waals surface area contributed by atoms with Gasteiger partial charge in [-0.15, -0.1) is 0 Å². The number of guanidine groups is 2. The number of H-pyrrole nitrogens is 1. The summed E-state index contributed by atoms with van der Waals surface area (Å²) < 4.78 is 0. The molecule has 1 aromatic heterocycles. The third-order valence-corrected chi connectivity index (χ3v) is 6.30. The van der Waals surface area contributed by atoms with E-state index in [4.69, 9.17) is 28.7 Å². The molecule has 1 aliphatic rings. The van der Waals surface area contributed by atoms with Crippen molar-refractivity contribution in [2.24, 2.45) is 38.7 Å². The first-order valence-corrected chi connectivity index (χ1v) is 13.0. The van der Waals surface area contributed by atoms with Crippen molar-refractivity contribution in [2.75, 3.05) is 19.6 Å². The van der Waals surface area contributed by atoms with Gasteiger partial charge in [0, 0.05) is 37.9 Å². The number of carbonyl (C=O) groups excluding carboxylic acids is 3. The Morgan fingerprint density at radius 2 is 1.70 bits per heavy atom. The Kier molecular flexibility index (Phi) is 12.6. The van der Waals surface area contributed by atoms with Gasteiger partial charge in [0.2, 0.25) is 17.7 Å². The zero-order chi connectivity index (χ0) is 29.7. The average Bonchev–Trinajstić information content (AvgIpc) is 3.59. The smallest absolute Gasteiger partial charge is 0.326 e. The molecule has 1 aromatic rings. The number of aliphatic carboxylic acids is 1. The number of aromatic amines is 1. The lowest BCUT2D eigenvalue weighted by molar-refractivity contribution is -0.143. The van der Waals surface area contributed by atoms with Crippen molar-refractivity contribution < 1.29 is 24.3 Å². The number of rotatable bonds is 16. The summed E-state index contributed by atoms with van der Waals surface area (Å²) in [5, 5.41) is 14.8. The Balaban J connectivity index is 2.08. The number of aliphatic imine (C=N–C) groups is 2. The summed E-state index contributed by atoms with van der Waals surface area (Å²) in [6.45, 7) is 0.855. The van der Waals surface area contributed by atoms with Crippen molar-refractivity contribution in [2.45, 2.75) is 69.1 Å². The average molecular weight is 565 g/mol. The fourth-order valence-electron chi connectivity index (χ4n) is 4.29. The molecule has 0 radical (unpaired) electrons. The van der Waals surface area contributed by atoms with Crippen LogP contribution in [-0.2, 0) is 25.6 Å². The number of hydrogen-bond acceptors (Lipinski definition) is 8. The number of likely N-dealkylation sites (tertiary alicyclic amines) is 1. The van der Waals surface area contributed by atoms with Crippen LogP contribution in [0.2, 0.25) is 0 Å². The summed E-state index contributed by atoms with van der Waals surface area (Å²) in [4.78, 5) is 67.0. The van der Waals surface area contributed by atoms with E-state index in [2.05, 4.69) is 30.6 Å². The number of imidazole rings is 1. The molecule has 0 saturated carbocycles. The zero-order valence-corrected chi connectivity index (χ0v) is 22.3. The fraction of sp³-hybridized carbons (Fsp3) is 0.609. The second-order valence-corrected chi connectivity index (χ2v) is 9.44. The predicted molar refractivity (Wildman–Crippen MR) is 146 cm³/mol. The standard InChI is InChI=1S/C23H40N12O5/c24-14(4-1-7-30-22(25)26)20(38)35-9-3-6-17(35)19(37)33-15(5-2-8-31-23(27)28)18(36)34-16(21(39)40)10-13-11-29-12-32-13/h11-12,14-17H,1-10,24H2,(H,29,32)(H,33,37)(H,34,36)(H,39,40)(H4,25,26,30)(H4,27,28,31). The molecule has 4 atom stereocenters. The lowest BCUT2D eigenvalue weighted by Gasteiger charge is -2.28. The quantitative estimate of drug-likeness (QED) is 0.0537. The lowest BCUT2D eigenvalue weighted by Crippen LogP contribution is -2.56. The Morgan fingerprint density at radius 1 is 1.05 bits per heavy atom. The topological polar surface area (TPSA) is 299 Å². The van der Waals surface area contributed by atoms with Gasteiger partial charge in [-0.25, -0.2) is 9.78 Å².